The maximum Gasteiger partial charge on any atom is 0.192 e. The van der Waals surface area contributed by atoms with Gasteiger partial charge in [0, 0.05) is 27.9 Å². The molecule has 2 heterocycles. The average molecular weight is 524 g/mol. The fourth-order valence-corrected chi connectivity index (χ4v) is 7.00. The molecule has 1 saturated heterocycles. The van der Waals surface area contributed by atoms with Gasteiger partial charge in [-0.2, -0.15) is 0 Å². The van der Waals surface area contributed by atoms with Gasteiger partial charge in [-0.25, -0.2) is 0 Å². The molecule has 204 valence electrons. The van der Waals surface area contributed by atoms with Crippen molar-refractivity contribution in [2.45, 2.75) is 117 Å². The normalized spacial score (nSPS) is 21.9. The standard InChI is InChI=1S/C32H49NO3Si/c1-20(2)28-27(29(34)22-12-14-23(15-13-22)32(9)18-35-19-32)21(3)26-24(33-28)16-31(7,8)17-25(26)36-37(10,11)30(4,5)6/h12-15,20,25,29,34H,16-19H2,1-11H3. The molecular formula is C32H49NO3Si. The SMILES string of the molecule is Cc1c2c(nc(C(C)C)c1C(O)c1ccc(C3(C)COC3)cc1)CC(C)(C)CC2O[Si](C)(C)C(C)(C)C. The maximum absolute atomic E-state index is 11.8. The van der Waals surface area contributed by atoms with Gasteiger partial charge < -0.3 is 14.3 Å². The Balaban J connectivity index is 1.81. The van der Waals surface area contributed by atoms with Gasteiger partial charge in [0.1, 0.15) is 6.10 Å². The largest absolute Gasteiger partial charge is 0.410 e. The third-order valence-corrected chi connectivity index (χ3v) is 13.7. The van der Waals surface area contributed by atoms with Crippen LogP contribution in [0.15, 0.2) is 24.3 Å². The van der Waals surface area contributed by atoms with Crippen LogP contribution in [0.25, 0.3) is 0 Å². The fraction of sp³-hybridized carbons (Fsp3) is 0.656. The van der Waals surface area contributed by atoms with Crippen LogP contribution in [0.5, 0.6) is 0 Å². The molecule has 1 fully saturated rings. The molecular weight excluding hydrogens is 474 g/mol. The molecule has 5 heteroatoms. The van der Waals surface area contributed by atoms with Crippen molar-refractivity contribution in [3.8, 4) is 0 Å². The zero-order valence-corrected chi connectivity index (χ0v) is 26.1. The van der Waals surface area contributed by atoms with Crippen LogP contribution < -0.4 is 0 Å². The van der Waals surface area contributed by atoms with E-state index < -0.39 is 14.4 Å². The van der Waals surface area contributed by atoms with Crippen molar-refractivity contribution in [1.82, 2.24) is 4.98 Å². The Labute approximate surface area is 226 Å². The summed E-state index contributed by atoms with van der Waals surface area (Å²) in [5.74, 6) is 0.212. The van der Waals surface area contributed by atoms with Gasteiger partial charge >= 0.3 is 0 Å². The molecule has 2 aliphatic rings. The third kappa shape index (κ3) is 5.34. The second-order valence-electron chi connectivity index (χ2n) is 14.5. The lowest BCUT2D eigenvalue weighted by Crippen LogP contribution is -2.44. The van der Waals surface area contributed by atoms with Crippen molar-refractivity contribution in [1.29, 1.82) is 0 Å². The van der Waals surface area contributed by atoms with E-state index in [0.29, 0.717) is 0 Å². The highest BCUT2D eigenvalue weighted by molar-refractivity contribution is 6.74. The monoisotopic (exact) mass is 523 g/mol. The van der Waals surface area contributed by atoms with Crippen LogP contribution in [0, 0.1) is 12.3 Å². The van der Waals surface area contributed by atoms with Gasteiger partial charge in [-0.1, -0.05) is 79.7 Å². The number of nitrogens with zero attached hydrogens (tertiary/aromatic N) is 1. The summed E-state index contributed by atoms with van der Waals surface area (Å²) in [4.78, 5) is 5.30. The first-order valence-electron chi connectivity index (χ1n) is 14.0. The van der Waals surface area contributed by atoms with Gasteiger partial charge in [0.05, 0.1) is 19.3 Å². The molecule has 4 nitrogen and oxygen atoms in total. The van der Waals surface area contributed by atoms with E-state index >= 15 is 0 Å². The van der Waals surface area contributed by atoms with Crippen molar-refractivity contribution >= 4 is 8.32 Å². The second-order valence-corrected chi connectivity index (χ2v) is 19.3. The van der Waals surface area contributed by atoms with Crippen molar-refractivity contribution in [3.63, 3.8) is 0 Å². The minimum absolute atomic E-state index is 0.000228. The van der Waals surface area contributed by atoms with E-state index in [1.165, 1.54) is 11.1 Å². The molecule has 1 N–H and O–H groups in total. The maximum atomic E-state index is 11.8. The van der Waals surface area contributed by atoms with Crippen LogP contribution in [0.1, 0.15) is 119 Å². The molecule has 37 heavy (non-hydrogen) atoms. The number of pyridine rings is 1. The molecule has 0 spiro atoms. The molecule has 1 aromatic carbocycles. The van der Waals surface area contributed by atoms with E-state index in [0.717, 1.165) is 54.1 Å². The van der Waals surface area contributed by atoms with Crippen LogP contribution in [-0.4, -0.2) is 31.6 Å². The van der Waals surface area contributed by atoms with Gasteiger partial charge in [-0.3, -0.25) is 4.98 Å². The summed E-state index contributed by atoms with van der Waals surface area (Å²) in [6.45, 7) is 26.6. The zero-order chi connectivity index (χ0) is 27.6. The molecule has 2 atom stereocenters. The molecule has 2 unspecified atom stereocenters. The van der Waals surface area contributed by atoms with E-state index in [1.807, 2.05) is 0 Å². The van der Waals surface area contributed by atoms with Crippen molar-refractivity contribution in [2.75, 3.05) is 13.2 Å². The number of ether oxygens (including phenoxy) is 1. The predicted molar refractivity (Wildman–Crippen MR) is 155 cm³/mol. The average Bonchev–Trinajstić information content (AvgIpc) is 2.74. The highest BCUT2D eigenvalue weighted by Gasteiger charge is 2.44. The van der Waals surface area contributed by atoms with Gasteiger partial charge in [0.2, 0.25) is 0 Å². The van der Waals surface area contributed by atoms with Crippen molar-refractivity contribution < 1.29 is 14.3 Å². The topological polar surface area (TPSA) is 51.6 Å². The Morgan fingerprint density at radius 1 is 1.08 bits per heavy atom. The van der Waals surface area contributed by atoms with Gasteiger partial charge in [-0.05, 0) is 65.9 Å². The number of aliphatic hydroxyl groups excluding tert-OH is 1. The highest BCUT2D eigenvalue weighted by atomic mass is 28.4. The molecule has 1 aliphatic carbocycles. The van der Waals surface area contributed by atoms with E-state index in [-0.39, 0.29) is 27.9 Å². The number of rotatable bonds is 6. The molecule has 4 rings (SSSR count). The lowest BCUT2D eigenvalue weighted by molar-refractivity contribution is -0.0500. The summed E-state index contributed by atoms with van der Waals surface area (Å²) in [6, 6.07) is 8.48. The second kappa shape index (κ2) is 9.58. The number of aromatic nitrogens is 1. The Kier molecular flexibility index (Phi) is 7.38. The van der Waals surface area contributed by atoms with Gasteiger partial charge in [0.15, 0.2) is 8.32 Å². The lowest BCUT2D eigenvalue weighted by atomic mass is 9.72. The smallest absolute Gasteiger partial charge is 0.192 e. The van der Waals surface area contributed by atoms with Crippen LogP contribution in [0.2, 0.25) is 18.1 Å². The number of hydrogen-bond acceptors (Lipinski definition) is 4. The van der Waals surface area contributed by atoms with Crippen LogP contribution in [-0.2, 0) is 21.0 Å². The summed E-state index contributed by atoms with van der Waals surface area (Å²) in [5.41, 5.74) is 7.88. The zero-order valence-electron chi connectivity index (χ0n) is 25.1. The number of hydrogen-bond donors (Lipinski definition) is 1. The lowest BCUT2D eigenvalue weighted by Gasteiger charge is -2.45. The Morgan fingerprint density at radius 2 is 1.68 bits per heavy atom. The molecule has 1 aromatic heterocycles. The van der Waals surface area contributed by atoms with Crippen LogP contribution >= 0.6 is 0 Å². The number of aliphatic hydroxyl groups is 1. The molecule has 1 aliphatic heterocycles. The van der Waals surface area contributed by atoms with E-state index in [4.69, 9.17) is 14.1 Å². The molecule has 0 amide bonds. The highest BCUT2D eigenvalue weighted by Crippen LogP contribution is 2.49. The predicted octanol–water partition coefficient (Wildman–Crippen LogP) is 7.92. The molecule has 0 radical (unpaired) electrons. The minimum Gasteiger partial charge on any atom is -0.410 e. The summed E-state index contributed by atoms with van der Waals surface area (Å²) in [5, 5.41) is 11.9. The number of fused-ring (bicyclic) bond motifs is 1. The van der Waals surface area contributed by atoms with E-state index in [9.17, 15) is 5.11 Å². The molecule has 0 bridgehead atoms. The first-order chi connectivity index (χ1) is 17.0. The summed E-state index contributed by atoms with van der Waals surface area (Å²) >= 11 is 0. The summed E-state index contributed by atoms with van der Waals surface area (Å²) in [7, 11) is -2.01. The Morgan fingerprint density at radius 3 is 2.16 bits per heavy atom. The third-order valence-electron chi connectivity index (χ3n) is 9.18. The van der Waals surface area contributed by atoms with E-state index in [2.05, 4.69) is 99.7 Å². The molecule has 2 aromatic rings. The molecule has 0 saturated carbocycles. The van der Waals surface area contributed by atoms with Gasteiger partial charge in [0.25, 0.3) is 0 Å². The van der Waals surface area contributed by atoms with Crippen LogP contribution in [0.3, 0.4) is 0 Å². The van der Waals surface area contributed by atoms with E-state index in [1.54, 1.807) is 0 Å². The quantitative estimate of drug-likeness (QED) is 0.391. The van der Waals surface area contributed by atoms with Crippen molar-refractivity contribution in [3.05, 3.63) is 63.5 Å². The summed E-state index contributed by atoms with van der Waals surface area (Å²) < 4.78 is 12.6. The number of benzene rings is 1. The Hall–Kier alpha value is -1.53. The van der Waals surface area contributed by atoms with Crippen LogP contribution in [0.4, 0.5) is 0 Å². The Bertz CT molecular complexity index is 1140. The first-order valence-corrected chi connectivity index (χ1v) is 16.9. The van der Waals surface area contributed by atoms with Crippen molar-refractivity contribution in [2.24, 2.45) is 5.41 Å². The summed E-state index contributed by atoms with van der Waals surface area (Å²) in [6.07, 6.45) is 1.19. The minimum atomic E-state index is -2.01. The fourth-order valence-electron chi connectivity index (χ4n) is 5.74. The first kappa shape index (κ1) is 28.5. The van der Waals surface area contributed by atoms with Gasteiger partial charge in [-0.15, -0.1) is 0 Å².